The molecule has 4 nitrogen and oxygen atoms in total. The van der Waals surface area contributed by atoms with Gasteiger partial charge in [-0.1, -0.05) is 12.1 Å². The van der Waals surface area contributed by atoms with Gasteiger partial charge in [0, 0.05) is 18.9 Å². The third kappa shape index (κ3) is 4.17. The SMILES string of the molecule is CC(=O)N1CCCC[C@H]1[C@H](O)c1cc(C(F)(F)F)nc2c(C(F)(F)F)cccc12. The number of carbonyl (C=O) groups is 1. The van der Waals surface area contributed by atoms with E-state index in [2.05, 4.69) is 4.98 Å². The Morgan fingerprint density at radius 3 is 2.45 bits per heavy atom. The normalized spacial score (nSPS) is 19.4. The van der Waals surface area contributed by atoms with Crippen LogP contribution < -0.4 is 0 Å². The van der Waals surface area contributed by atoms with Crippen LogP contribution >= 0.6 is 0 Å². The number of carbonyl (C=O) groups excluding carboxylic acids is 1. The molecule has 1 amide bonds. The number of rotatable bonds is 2. The molecule has 10 heteroatoms. The number of aromatic nitrogens is 1. The maximum Gasteiger partial charge on any atom is 0.433 e. The van der Waals surface area contributed by atoms with Crippen LogP contribution in [0.4, 0.5) is 26.3 Å². The molecule has 1 N–H and O–H groups in total. The summed E-state index contributed by atoms with van der Waals surface area (Å²) in [6, 6.07) is 2.63. The lowest BCUT2D eigenvalue weighted by Crippen LogP contribution is -2.45. The lowest BCUT2D eigenvalue weighted by Gasteiger charge is -2.38. The number of hydrogen-bond acceptors (Lipinski definition) is 3. The van der Waals surface area contributed by atoms with Crippen LogP contribution in [0.25, 0.3) is 10.9 Å². The Morgan fingerprint density at radius 1 is 1.17 bits per heavy atom. The number of nitrogens with zero attached hydrogens (tertiary/aromatic N) is 2. The van der Waals surface area contributed by atoms with Gasteiger partial charge in [0.2, 0.25) is 5.91 Å². The molecule has 2 heterocycles. The summed E-state index contributed by atoms with van der Waals surface area (Å²) in [7, 11) is 0. The van der Waals surface area contributed by atoms with Crippen molar-refractivity contribution >= 4 is 16.8 Å². The van der Waals surface area contributed by atoms with Gasteiger partial charge >= 0.3 is 12.4 Å². The van der Waals surface area contributed by atoms with E-state index in [0.29, 0.717) is 37.9 Å². The number of para-hydroxylation sites is 1. The van der Waals surface area contributed by atoms with Gasteiger partial charge in [-0.15, -0.1) is 0 Å². The quantitative estimate of drug-likeness (QED) is 0.717. The van der Waals surface area contributed by atoms with Crippen molar-refractivity contribution < 1.29 is 36.2 Å². The second kappa shape index (κ2) is 7.47. The summed E-state index contributed by atoms with van der Waals surface area (Å²) in [5, 5.41) is 10.6. The fourth-order valence-corrected chi connectivity index (χ4v) is 3.78. The molecule has 1 aliphatic heterocycles. The van der Waals surface area contributed by atoms with Crippen LogP contribution in [-0.2, 0) is 17.1 Å². The predicted molar refractivity (Wildman–Crippen MR) is 91.7 cm³/mol. The van der Waals surface area contributed by atoms with Crippen LogP contribution in [0.5, 0.6) is 0 Å². The Hall–Kier alpha value is -2.36. The van der Waals surface area contributed by atoms with E-state index in [9.17, 15) is 36.2 Å². The van der Waals surface area contributed by atoms with Crippen molar-refractivity contribution in [3.8, 4) is 0 Å². The molecule has 29 heavy (non-hydrogen) atoms. The summed E-state index contributed by atoms with van der Waals surface area (Å²) < 4.78 is 80.1. The van der Waals surface area contributed by atoms with Gasteiger partial charge in [0.1, 0.15) is 11.8 Å². The Bertz CT molecular complexity index is 925. The maximum absolute atomic E-state index is 13.4. The second-order valence-corrected chi connectivity index (χ2v) is 7.01. The summed E-state index contributed by atoms with van der Waals surface area (Å²) in [6.45, 7) is 1.60. The molecule has 1 fully saturated rings. The van der Waals surface area contributed by atoms with Crippen LogP contribution in [0.1, 0.15) is 49.1 Å². The topological polar surface area (TPSA) is 53.4 Å². The summed E-state index contributed by atoms with van der Waals surface area (Å²) in [4.78, 5) is 16.5. The number of fused-ring (bicyclic) bond motifs is 1. The van der Waals surface area contributed by atoms with Gasteiger partial charge in [-0.25, -0.2) is 4.98 Å². The minimum Gasteiger partial charge on any atom is -0.386 e. The third-order valence-electron chi connectivity index (χ3n) is 5.10. The number of piperidine rings is 1. The summed E-state index contributed by atoms with van der Waals surface area (Å²) in [5.41, 5.74) is -4.05. The van der Waals surface area contributed by atoms with Gasteiger partial charge in [0.25, 0.3) is 0 Å². The standard InChI is InChI=1S/C19H18F6N2O2/c1-10(28)27-8-3-2-7-14(27)17(29)12-9-15(19(23,24)25)26-16-11(12)5-4-6-13(16)18(20,21)22/h4-6,9,14,17,29H,2-3,7-8H2,1H3/t14-,17+/m0/s1. The number of likely N-dealkylation sites (tertiary alicyclic amines) is 1. The van der Waals surface area contributed by atoms with Crippen molar-refractivity contribution in [2.75, 3.05) is 6.54 Å². The number of aliphatic hydroxyl groups is 1. The van der Waals surface area contributed by atoms with E-state index < -0.39 is 41.3 Å². The zero-order chi connectivity index (χ0) is 21.6. The molecule has 0 spiro atoms. The average Bonchev–Trinajstić information content (AvgIpc) is 2.64. The molecule has 3 rings (SSSR count). The highest BCUT2D eigenvalue weighted by atomic mass is 19.4. The lowest BCUT2D eigenvalue weighted by atomic mass is 9.90. The van der Waals surface area contributed by atoms with E-state index in [-0.39, 0.29) is 16.9 Å². The number of amides is 1. The summed E-state index contributed by atoms with van der Waals surface area (Å²) >= 11 is 0. The van der Waals surface area contributed by atoms with E-state index in [1.807, 2.05) is 0 Å². The number of hydrogen-bond donors (Lipinski definition) is 1. The zero-order valence-corrected chi connectivity index (χ0v) is 15.3. The maximum atomic E-state index is 13.4. The van der Waals surface area contributed by atoms with Gasteiger partial charge in [0.05, 0.1) is 17.1 Å². The molecule has 0 aliphatic carbocycles. The monoisotopic (exact) mass is 420 g/mol. The Balaban J connectivity index is 2.24. The average molecular weight is 420 g/mol. The van der Waals surface area contributed by atoms with E-state index in [0.717, 1.165) is 6.07 Å². The largest absolute Gasteiger partial charge is 0.433 e. The van der Waals surface area contributed by atoms with Crippen LogP contribution in [-0.4, -0.2) is 33.5 Å². The van der Waals surface area contributed by atoms with E-state index in [1.165, 1.54) is 17.9 Å². The molecule has 0 saturated carbocycles. The van der Waals surface area contributed by atoms with E-state index in [4.69, 9.17) is 0 Å². The second-order valence-electron chi connectivity index (χ2n) is 7.01. The highest BCUT2D eigenvalue weighted by molar-refractivity contribution is 5.86. The number of pyridine rings is 1. The molecule has 1 aromatic carbocycles. The highest BCUT2D eigenvalue weighted by Gasteiger charge is 2.39. The van der Waals surface area contributed by atoms with Crippen molar-refractivity contribution in [1.29, 1.82) is 0 Å². The van der Waals surface area contributed by atoms with Crippen LogP contribution in [0, 0.1) is 0 Å². The minimum absolute atomic E-state index is 0.227. The predicted octanol–water partition coefficient (Wildman–Crippen LogP) is 4.71. The number of halogens is 6. The molecule has 1 aliphatic rings. The van der Waals surface area contributed by atoms with E-state index >= 15 is 0 Å². The van der Waals surface area contributed by atoms with Crippen molar-refractivity contribution in [1.82, 2.24) is 9.88 Å². The number of aliphatic hydroxyl groups excluding tert-OH is 1. The molecule has 158 valence electrons. The van der Waals surface area contributed by atoms with Gasteiger partial charge in [0.15, 0.2) is 0 Å². The molecule has 0 bridgehead atoms. The summed E-state index contributed by atoms with van der Waals surface area (Å²) in [6.07, 6.45) is -9.89. The zero-order valence-electron chi connectivity index (χ0n) is 15.3. The Kier molecular flexibility index (Phi) is 5.50. The third-order valence-corrected chi connectivity index (χ3v) is 5.10. The fourth-order valence-electron chi connectivity index (χ4n) is 3.78. The van der Waals surface area contributed by atoms with Crippen LogP contribution in [0.3, 0.4) is 0 Å². The molecular formula is C19H18F6N2O2. The molecule has 2 atom stereocenters. The first-order valence-corrected chi connectivity index (χ1v) is 8.94. The fraction of sp³-hybridized carbons (Fsp3) is 0.474. The van der Waals surface area contributed by atoms with Crippen molar-refractivity contribution in [2.45, 2.75) is 50.7 Å². The Labute approximate surface area is 162 Å². The van der Waals surface area contributed by atoms with Crippen molar-refractivity contribution in [3.05, 3.63) is 41.1 Å². The van der Waals surface area contributed by atoms with Gasteiger partial charge in [-0.2, -0.15) is 26.3 Å². The van der Waals surface area contributed by atoms with Crippen molar-refractivity contribution in [2.24, 2.45) is 0 Å². The first-order chi connectivity index (χ1) is 13.4. The van der Waals surface area contributed by atoms with E-state index in [1.54, 1.807) is 0 Å². The number of alkyl halides is 6. The molecule has 1 saturated heterocycles. The first-order valence-electron chi connectivity index (χ1n) is 8.94. The van der Waals surface area contributed by atoms with Crippen LogP contribution in [0.15, 0.2) is 24.3 Å². The summed E-state index contributed by atoms with van der Waals surface area (Å²) in [5.74, 6) is -0.362. The van der Waals surface area contributed by atoms with Gasteiger partial charge in [-0.05, 0) is 37.0 Å². The molecule has 0 unspecified atom stereocenters. The highest BCUT2D eigenvalue weighted by Crippen LogP contribution is 2.40. The smallest absolute Gasteiger partial charge is 0.386 e. The lowest BCUT2D eigenvalue weighted by molar-refractivity contribution is -0.142. The van der Waals surface area contributed by atoms with Crippen molar-refractivity contribution in [3.63, 3.8) is 0 Å². The molecular weight excluding hydrogens is 402 g/mol. The van der Waals surface area contributed by atoms with Gasteiger partial charge in [-0.3, -0.25) is 4.79 Å². The Morgan fingerprint density at radius 2 is 1.86 bits per heavy atom. The first kappa shape index (κ1) is 21.4. The number of benzene rings is 1. The van der Waals surface area contributed by atoms with Crippen LogP contribution in [0.2, 0.25) is 0 Å². The minimum atomic E-state index is -5.01. The van der Waals surface area contributed by atoms with Gasteiger partial charge < -0.3 is 10.0 Å². The molecule has 2 aromatic rings. The molecule has 0 radical (unpaired) electrons. The molecule has 1 aromatic heterocycles.